The molecular formula is C13H19NO2S. The smallest absolute Gasteiger partial charge is 0.175 e. The Morgan fingerprint density at radius 1 is 1.18 bits per heavy atom. The molecule has 0 aromatic heterocycles. The highest BCUT2D eigenvalue weighted by Gasteiger charge is 2.13. The second-order valence-electron chi connectivity index (χ2n) is 4.78. The second kappa shape index (κ2) is 5.19. The first-order chi connectivity index (χ1) is 8.05. The molecule has 94 valence electrons. The van der Waals surface area contributed by atoms with E-state index in [1.807, 2.05) is 12.1 Å². The first-order valence-electron chi connectivity index (χ1n) is 6.08. The molecule has 0 spiro atoms. The molecule has 3 nitrogen and oxygen atoms in total. The summed E-state index contributed by atoms with van der Waals surface area (Å²) in [7, 11) is -3.07. The van der Waals surface area contributed by atoms with Crippen molar-refractivity contribution in [3.8, 4) is 0 Å². The minimum atomic E-state index is -3.07. The van der Waals surface area contributed by atoms with Gasteiger partial charge in [-0.15, -0.1) is 0 Å². The summed E-state index contributed by atoms with van der Waals surface area (Å²) >= 11 is 0. The van der Waals surface area contributed by atoms with Crippen molar-refractivity contribution in [1.82, 2.24) is 5.32 Å². The number of rotatable bonds is 4. The van der Waals surface area contributed by atoms with Crippen LogP contribution in [-0.4, -0.2) is 20.7 Å². The SMILES string of the molecule is CS(=O)(=O)c1ccc(CNC2CCCC2)cc1. The summed E-state index contributed by atoms with van der Waals surface area (Å²) in [6, 6.07) is 7.78. The van der Waals surface area contributed by atoms with Gasteiger partial charge in [0.15, 0.2) is 9.84 Å². The van der Waals surface area contributed by atoms with E-state index < -0.39 is 9.84 Å². The van der Waals surface area contributed by atoms with Gasteiger partial charge in [0.05, 0.1) is 4.90 Å². The molecule has 1 aromatic carbocycles. The lowest BCUT2D eigenvalue weighted by atomic mass is 10.2. The summed E-state index contributed by atoms with van der Waals surface area (Å²) in [6.07, 6.45) is 6.41. The molecule has 0 unspecified atom stereocenters. The van der Waals surface area contributed by atoms with Crippen LogP contribution in [-0.2, 0) is 16.4 Å². The largest absolute Gasteiger partial charge is 0.310 e. The minimum Gasteiger partial charge on any atom is -0.310 e. The van der Waals surface area contributed by atoms with Crippen LogP contribution < -0.4 is 5.32 Å². The average Bonchev–Trinajstić information content (AvgIpc) is 2.78. The van der Waals surface area contributed by atoms with Crippen LogP contribution in [0.3, 0.4) is 0 Å². The molecule has 0 bridgehead atoms. The average molecular weight is 253 g/mol. The van der Waals surface area contributed by atoms with Gasteiger partial charge >= 0.3 is 0 Å². The van der Waals surface area contributed by atoms with Gasteiger partial charge in [-0.2, -0.15) is 0 Å². The van der Waals surface area contributed by atoms with Crippen LogP contribution in [0.4, 0.5) is 0 Å². The molecule has 1 aliphatic carbocycles. The molecule has 2 rings (SSSR count). The maximum atomic E-state index is 11.3. The summed E-state index contributed by atoms with van der Waals surface area (Å²) in [5, 5.41) is 3.51. The standard InChI is InChI=1S/C13H19NO2S/c1-17(15,16)13-8-6-11(7-9-13)10-14-12-4-2-3-5-12/h6-9,12,14H,2-5,10H2,1H3. The van der Waals surface area contributed by atoms with E-state index in [0.717, 1.165) is 12.1 Å². The lowest BCUT2D eigenvalue weighted by Crippen LogP contribution is -2.25. The Hall–Kier alpha value is -0.870. The fourth-order valence-corrected chi connectivity index (χ4v) is 2.88. The molecule has 0 radical (unpaired) electrons. The molecule has 0 aliphatic heterocycles. The second-order valence-corrected chi connectivity index (χ2v) is 6.79. The summed E-state index contributed by atoms with van der Waals surface area (Å²) in [5.41, 5.74) is 1.14. The predicted molar refractivity (Wildman–Crippen MR) is 68.6 cm³/mol. The Balaban J connectivity index is 1.94. The van der Waals surface area contributed by atoms with E-state index in [9.17, 15) is 8.42 Å². The van der Waals surface area contributed by atoms with Crippen molar-refractivity contribution >= 4 is 9.84 Å². The van der Waals surface area contributed by atoms with Crippen molar-refractivity contribution in [2.45, 2.75) is 43.2 Å². The third-order valence-electron chi connectivity index (χ3n) is 3.30. The van der Waals surface area contributed by atoms with Gasteiger partial charge in [-0.25, -0.2) is 8.42 Å². The third kappa shape index (κ3) is 3.54. The van der Waals surface area contributed by atoms with E-state index in [2.05, 4.69) is 5.32 Å². The van der Waals surface area contributed by atoms with Gasteiger partial charge in [0, 0.05) is 18.8 Å². The maximum Gasteiger partial charge on any atom is 0.175 e. The van der Waals surface area contributed by atoms with Crippen molar-refractivity contribution in [3.05, 3.63) is 29.8 Å². The van der Waals surface area contributed by atoms with Crippen molar-refractivity contribution in [2.24, 2.45) is 0 Å². The van der Waals surface area contributed by atoms with Crippen molar-refractivity contribution in [2.75, 3.05) is 6.26 Å². The quantitative estimate of drug-likeness (QED) is 0.894. The number of sulfone groups is 1. The van der Waals surface area contributed by atoms with Gasteiger partial charge in [0.2, 0.25) is 0 Å². The summed E-state index contributed by atoms with van der Waals surface area (Å²) < 4.78 is 22.6. The molecular weight excluding hydrogens is 234 g/mol. The Morgan fingerprint density at radius 2 is 1.76 bits per heavy atom. The molecule has 1 N–H and O–H groups in total. The van der Waals surface area contributed by atoms with E-state index in [4.69, 9.17) is 0 Å². The molecule has 4 heteroatoms. The Bertz CT molecular complexity index is 459. The number of nitrogens with one attached hydrogen (secondary N) is 1. The van der Waals surface area contributed by atoms with Crippen LogP contribution in [0.15, 0.2) is 29.2 Å². The molecule has 1 aromatic rings. The predicted octanol–water partition coefficient (Wildman–Crippen LogP) is 2.12. The lowest BCUT2D eigenvalue weighted by Gasteiger charge is -2.11. The van der Waals surface area contributed by atoms with Gasteiger partial charge in [0.25, 0.3) is 0 Å². The van der Waals surface area contributed by atoms with Gasteiger partial charge in [0.1, 0.15) is 0 Å². The third-order valence-corrected chi connectivity index (χ3v) is 4.43. The zero-order chi connectivity index (χ0) is 12.3. The van der Waals surface area contributed by atoms with Crippen molar-refractivity contribution in [3.63, 3.8) is 0 Å². The number of benzene rings is 1. The van der Waals surface area contributed by atoms with Crippen LogP contribution >= 0.6 is 0 Å². The van der Waals surface area contributed by atoms with Crippen LogP contribution in [0.25, 0.3) is 0 Å². The van der Waals surface area contributed by atoms with Gasteiger partial charge in [-0.1, -0.05) is 25.0 Å². The highest BCUT2D eigenvalue weighted by molar-refractivity contribution is 7.90. The van der Waals surface area contributed by atoms with E-state index >= 15 is 0 Å². The monoisotopic (exact) mass is 253 g/mol. The lowest BCUT2D eigenvalue weighted by molar-refractivity contribution is 0.524. The molecule has 0 amide bonds. The van der Waals surface area contributed by atoms with E-state index in [1.54, 1.807) is 12.1 Å². The molecule has 0 heterocycles. The highest BCUT2D eigenvalue weighted by Crippen LogP contribution is 2.18. The molecule has 17 heavy (non-hydrogen) atoms. The first-order valence-corrected chi connectivity index (χ1v) is 7.97. The van der Waals surface area contributed by atoms with Crippen LogP contribution in [0.1, 0.15) is 31.2 Å². The fraction of sp³-hybridized carbons (Fsp3) is 0.538. The zero-order valence-electron chi connectivity index (χ0n) is 10.1. The van der Waals surface area contributed by atoms with Gasteiger partial charge < -0.3 is 5.32 Å². The number of hydrogen-bond acceptors (Lipinski definition) is 3. The summed E-state index contributed by atoms with van der Waals surface area (Å²) in [6.45, 7) is 0.828. The zero-order valence-corrected chi connectivity index (χ0v) is 11.0. The maximum absolute atomic E-state index is 11.3. The van der Waals surface area contributed by atoms with Gasteiger partial charge in [-0.3, -0.25) is 0 Å². The molecule has 1 fully saturated rings. The van der Waals surface area contributed by atoms with E-state index in [-0.39, 0.29) is 0 Å². The normalized spacial score (nSPS) is 17.5. The Morgan fingerprint density at radius 3 is 2.29 bits per heavy atom. The fourth-order valence-electron chi connectivity index (χ4n) is 2.25. The topological polar surface area (TPSA) is 46.2 Å². The van der Waals surface area contributed by atoms with Gasteiger partial charge in [-0.05, 0) is 30.5 Å². The minimum absolute atomic E-state index is 0.391. The summed E-state index contributed by atoms with van der Waals surface area (Å²) in [5.74, 6) is 0. The molecule has 1 aliphatic rings. The summed E-state index contributed by atoms with van der Waals surface area (Å²) in [4.78, 5) is 0.391. The van der Waals surface area contributed by atoms with Crippen LogP contribution in [0, 0.1) is 0 Å². The molecule has 0 saturated heterocycles. The molecule has 0 atom stereocenters. The van der Waals surface area contributed by atoms with E-state index in [0.29, 0.717) is 10.9 Å². The first kappa shape index (κ1) is 12.6. The molecule has 1 saturated carbocycles. The van der Waals surface area contributed by atoms with Crippen LogP contribution in [0.2, 0.25) is 0 Å². The van der Waals surface area contributed by atoms with Crippen molar-refractivity contribution < 1.29 is 8.42 Å². The Kier molecular flexibility index (Phi) is 3.84. The highest BCUT2D eigenvalue weighted by atomic mass is 32.2. The van der Waals surface area contributed by atoms with Crippen molar-refractivity contribution in [1.29, 1.82) is 0 Å². The number of hydrogen-bond donors (Lipinski definition) is 1. The van der Waals surface area contributed by atoms with Crippen LogP contribution in [0.5, 0.6) is 0 Å². The Labute approximate surface area is 103 Å². The van der Waals surface area contributed by atoms with E-state index in [1.165, 1.54) is 31.9 Å².